The first kappa shape index (κ1) is 24.0. The van der Waals surface area contributed by atoms with Gasteiger partial charge < -0.3 is 9.84 Å². The largest absolute Gasteiger partial charge is 0.493 e. The average molecular weight is 471 g/mol. The molecule has 6 rings (SSSR count). The average Bonchev–Trinajstić information content (AvgIpc) is 2.84. The maximum absolute atomic E-state index is 11.6. The number of carboxylic acid groups (broad SMARTS) is 1. The summed E-state index contributed by atoms with van der Waals surface area (Å²) in [6.07, 6.45) is 14.3. The van der Waals surface area contributed by atoms with Gasteiger partial charge in [-0.05, 0) is 98.4 Å². The van der Waals surface area contributed by atoms with E-state index in [-0.39, 0.29) is 11.0 Å². The zero-order valence-corrected chi connectivity index (χ0v) is 21.0. The van der Waals surface area contributed by atoms with Gasteiger partial charge in [-0.3, -0.25) is 0 Å². The van der Waals surface area contributed by atoms with Crippen LogP contribution in [0.5, 0.6) is 5.75 Å². The molecule has 0 amide bonds. The van der Waals surface area contributed by atoms with E-state index in [0.29, 0.717) is 5.56 Å². The smallest absolute Gasteiger partial charge is 0.336 e. The molecule has 0 spiro atoms. The Morgan fingerprint density at radius 1 is 0.943 bits per heavy atom. The van der Waals surface area contributed by atoms with Gasteiger partial charge in [0.05, 0.1) is 12.2 Å². The van der Waals surface area contributed by atoms with Gasteiger partial charge >= 0.3 is 5.97 Å². The lowest BCUT2D eigenvalue weighted by Gasteiger charge is -2.57. The Kier molecular flexibility index (Phi) is 7.19. The second kappa shape index (κ2) is 10.5. The maximum atomic E-state index is 11.6. The van der Waals surface area contributed by atoms with Crippen molar-refractivity contribution in [1.29, 1.82) is 0 Å². The molecule has 4 fully saturated rings. The van der Waals surface area contributed by atoms with Gasteiger partial charge in [-0.25, -0.2) is 4.79 Å². The van der Waals surface area contributed by atoms with Gasteiger partial charge in [-0.2, -0.15) is 0 Å². The summed E-state index contributed by atoms with van der Waals surface area (Å²) in [5.41, 5.74) is 3.35. The molecule has 0 saturated heterocycles. The summed E-state index contributed by atoms with van der Waals surface area (Å²) in [7, 11) is 0. The van der Waals surface area contributed by atoms with Crippen molar-refractivity contribution in [2.75, 3.05) is 6.61 Å². The van der Waals surface area contributed by atoms with E-state index in [0.717, 1.165) is 42.1 Å². The van der Waals surface area contributed by atoms with Crippen LogP contribution in [0, 0.1) is 29.6 Å². The molecule has 0 aliphatic heterocycles. The fraction of sp³-hybridized carbons (Fsp3) is 0.531. The third-order valence-electron chi connectivity index (χ3n) is 8.59. The maximum Gasteiger partial charge on any atom is 0.336 e. The minimum absolute atomic E-state index is 0.225. The van der Waals surface area contributed by atoms with Crippen LogP contribution in [0.25, 0.3) is 0 Å². The minimum atomic E-state index is -0.938. The molecule has 0 atom stereocenters. The zero-order valence-electron chi connectivity index (χ0n) is 21.0. The molecule has 0 unspecified atom stereocenters. The quantitative estimate of drug-likeness (QED) is 0.303. The molecule has 4 aliphatic rings. The number of carbonyl (C=O) groups is 1. The van der Waals surface area contributed by atoms with Crippen molar-refractivity contribution in [2.24, 2.45) is 17.8 Å². The molecule has 2 aromatic rings. The molecule has 3 heteroatoms. The fourth-order valence-electron chi connectivity index (χ4n) is 7.39. The van der Waals surface area contributed by atoms with E-state index >= 15 is 0 Å². The molecule has 4 bridgehead atoms. The Labute approximate surface area is 210 Å². The van der Waals surface area contributed by atoms with Crippen LogP contribution in [-0.2, 0) is 5.41 Å². The number of rotatable bonds is 9. The van der Waals surface area contributed by atoms with Crippen molar-refractivity contribution < 1.29 is 14.6 Å². The van der Waals surface area contributed by atoms with E-state index < -0.39 is 5.97 Å². The lowest BCUT2D eigenvalue weighted by molar-refractivity contribution is -0.00641. The van der Waals surface area contributed by atoms with Crippen LogP contribution < -0.4 is 4.74 Å². The molecule has 0 heterocycles. The number of hydrogen-bond donors (Lipinski definition) is 1. The van der Waals surface area contributed by atoms with Gasteiger partial charge in [-0.1, -0.05) is 56.6 Å². The second-order valence-corrected chi connectivity index (χ2v) is 11.3. The first-order valence-electron chi connectivity index (χ1n) is 13.7. The molecule has 1 N–H and O–H groups in total. The van der Waals surface area contributed by atoms with Crippen molar-refractivity contribution in [2.45, 2.75) is 83.0 Å². The summed E-state index contributed by atoms with van der Waals surface area (Å²) < 4.78 is 6.45. The third-order valence-corrected chi connectivity index (χ3v) is 8.59. The first-order valence-corrected chi connectivity index (χ1v) is 13.7. The molecular formula is C32H38O3. The van der Waals surface area contributed by atoms with Gasteiger partial charge in [0.1, 0.15) is 5.75 Å². The first-order chi connectivity index (χ1) is 17.1. The number of ether oxygens (including phenoxy) is 1. The molecule has 35 heavy (non-hydrogen) atoms. The summed E-state index contributed by atoms with van der Waals surface area (Å²) in [6, 6.07) is 13.4. The normalized spacial score (nSPS) is 26.3. The summed E-state index contributed by atoms with van der Waals surface area (Å²) in [6.45, 7) is 3.03. The molecule has 2 aromatic carbocycles. The van der Waals surface area contributed by atoms with Crippen molar-refractivity contribution >= 4 is 5.97 Å². The molecule has 4 saturated carbocycles. The SMILES string of the molecule is CCCCCCCOc1ccc(C#Cc2ccccc2C(=O)O)cc1C12CC3CC(CC(C3)C1)C2. The van der Waals surface area contributed by atoms with Gasteiger partial charge in [0.2, 0.25) is 0 Å². The Bertz CT molecular complexity index is 1080. The lowest BCUT2D eigenvalue weighted by Crippen LogP contribution is -2.48. The highest BCUT2D eigenvalue weighted by Crippen LogP contribution is 2.62. The predicted octanol–water partition coefficient (Wildman–Crippen LogP) is 7.60. The number of benzene rings is 2. The van der Waals surface area contributed by atoms with Crippen molar-refractivity contribution in [3.05, 3.63) is 64.7 Å². The van der Waals surface area contributed by atoms with Gasteiger partial charge in [0, 0.05) is 16.7 Å². The van der Waals surface area contributed by atoms with Crippen LogP contribution in [0.3, 0.4) is 0 Å². The van der Waals surface area contributed by atoms with E-state index in [1.54, 1.807) is 18.2 Å². The number of hydrogen-bond acceptors (Lipinski definition) is 2. The summed E-state index contributed by atoms with van der Waals surface area (Å²) in [4.78, 5) is 11.6. The van der Waals surface area contributed by atoms with Crippen LogP contribution in [0.1, 0.15) is 105 Å². The Morgan fingerprint density at radius 2 is 1.63 bits per heavy atom. The monoisotopic (exact) mass is 470 g/mol. The second-order valence-electron chi connectivity index (χ2n) is 11.3. The highest BCUT2D eigenvalue weighted by Gasteiger charge is 2.52. The molecule has 3 nitrogen and oxygen atoms in total. The minimum Gasteiger partial charge on any atom is -0.493 e. The van der Waals surface area contributed by atoms with Crippen LogP contribution >= 0.6 is 0 Å². The van der Waals surface area contributed by atoms with E-state index in [4.69, 9.17) is 4.74 Å². The highest BCUT2D eigenvalue weighted by atomic mass is 16.5. The highest BCUT2D eigenvalue weighted by molar-refractivity contribution is 5.90. The fourth-order valence-corrected chi connectivity index (χ4v) is 7.39. The van der Waals surface area contributed by atoms with Crippen molar-refractivity contribution in [1.82, 2.24) is 0 Å². The summed E-state index contributed by atoms with van der Waals surface area (Å²) in [5.74, 6) is 9.11. The third kappa shape index (κ3) is 5.27. The summed E-state index contributed by atoms with van der Waals surface area (Å²) >= 11 is 0. The zero-order chi connectivity index (χ0) is 24.3. The van der Waals surface area contributed by atoms with Crippen LogP contribution in [0.4, 0.5) is 0 Å². The van der Waals surface area contributed by atoms with E-state index in [2.05, 4.69) is 30.9 Å². The van der Waals surface area contributed by atoms with Crippen LogP contribution in [0.15, 0.2) is 42.5 Å². The molecule has 0 radical (unpaired) electrons. The van der Waals surface area contributed by atoms with Crippen molar-refractivity contribution in [3.63, 3.8) is 0 Å². The van der Waals surface area contributed by atoms with Crippen LogP contribution in [-0.4, -0.2) is 17.7 Å². The van der Waals surface area contributed by atoms with E-state index in [9.17, 15) is 9.90 Å². The molecular weight excluding hydrogens is 432 g/mol. The Hall–Kier alpha value is -2.73. The van der Waals surface area contributed by atoms with E-state index in [1.165, 1.54) is 69.8 Å². The van der Waals surface area contributed by atoms with Gasteiger partial charge in [-0.15, -0.1) is 0 Å². The predicted molar refractivity (Wildman–Crippen MR) is 140 cm³/mol. The Balaban J connectivity index is 1.43. The molecule has 4 aliphatic carbocycles. The topological polar surface area (TPSA) is 46.5 Å². The molecule has 0 aromatic heterocycles. The van der Waals surface area contributed by atoms with E-state index in [1.807, 2.05) is 12.1 Å². The Morgan fingerprint density at radius 3 is 2.31 bits per heavy atom. The van der Waals surface area contributed by atoms with Crippen molar-refractivity contribution in [3.8, 4) is 17.6 Å². The summed E-state index contributed by atoms with van der Waals surface area (Å²) in [5, 5.41) is 9.51. The number of carboxylic acids is 1. The van der Waals surface area contributed by atoms with Crippen LogP contribution in [0.2, 0.25) is 0 Å². The van der Waals surface area contributed by atoms with Gasteiger partial charge in [0.25, 0.3) is 0 Å². The van der Waals surface area contributed by atoms with Gasteiger partial charge in [0.15, 0.2) is 0 Å². The molecule has 184 valence electrons. The standard InChI is InChI=1S/C32H38O3/c1-2-3-4-5-8-15-35-30-14-12-23(11-13-27-9-6-7-10-28(27)31(33)34)19-29(30)32-20-24-16-25(21-32)18-26(17-24)22-32/h6-7,9-10,12,14,19,24-26H,2-5,8,15-18,20-22H2,1H3,(H,33,34). The number of aromatic carboxylic acids is 1. The number of unbranched alkanes of at least 4 members (excludes halogenated alkanes) is 4. The lowest BCUT2D eigenvalue weighted by atomic mass is 9.48.